The summed E-state index contributed by atoms with van der Waals surface area (Å²) >= 11 is 0. The van der Waals surface area contributed by atoms with Gasteiger partial charge in [-0.15, -0.1) is 0 Å². The van der Waals surface area contributed by atoms with E-state index in [1.54, 1.807) is 12.1 Å². The minimum Gasteiger partial charge on any atom is -0.493 e. The highest BCUT2D eigenvalue weighted by Crippen LogP contribution is 2.30. The van der Waals surface area contributed by atoms with Crippen molar-refractivity contribution in [3.05, 3.63) is 89.6 Å². The molecular weight excluding hydrogens is 450 g/mol. The molecule has 7 heteroatoms. The molecule has 0 radical (unpaired) electrons. The highest BCUT2D eigenvalue weighted by molar-refractivity contribution is 5.98. The largest absolute Gasteiger partial charge is 0.493 e. The van der Waals surface area contributed by atoms with Gasteiger partial charge in [-0.05, 0) is 60.4 Å². The lowest BCUT2D eigenvalue weighted by Gasteiger charge is -2.18. The van der Waals surface area contributed by atoms with Crippen LogP contribution < -0.4 is 10.1 Å². The van der Waals surface area contributed by atoms with Gasteiger partial charge in [0.15, 0.2) is 0 Å². The van der Waals surface area contributed by atoms with Gasteiger partial charge in [0.1, 0.15) is 17.4 Å². The quantitative estimate of drug-likeness (QED) is 0.346. The minimum atomic E-state index is -0.593. The maximum atomic E-state index is 14.4. The summed E-state index contributed by atoms with van der Waals surface area (Å²) in [4.78, 5) is 13.3. The number of aliphatic hydroxyl groups excluding tert-OH is 1. The Balaban J connectivity index is 1.63. The summed E-state index contributed by atoms with van der Waals surface area (Å²) in [5.74, 6) is -1.29. The van der Waals surface area contributed by atoms with Gasteiger partial charge in [-0.25, -0.2) is 8.78 Å². The van der Waals surface area contributed by atoms with Gasteiger partial charge >= 0.3 is 0 Å². The van der Waals surface area contributed by atoms with E-state index in [2.05, 4.69) is 5.32 Å². The van der Waals surface area contributed by atoms with E-state index in [4.69, 9.17) is 4.74 Å². The second kappa shape index (κ2) is 10.7. The van der Waals surface area contributed by atoms with Crippen LogP contribution in [0.5, 0.6) is 5.75 Å². The van der Waals surface area contributed by atoms with Crippen LogP contribution in [0.25, 0.3) is 22.0 Å². The summed E-state index contributed by atoms with van der Waals surface area (Å²) in [6.45, 7) is 2.08. The molecule has 0 spiro atoms. The average molecular weight is 479 g/mol. The third-order valence-corrected chi connectivity index (χ3v) is 5.93. The standard InChI is InChI=1S/C28H28F2N2O3/c1-3-12-35-27-11-8-18(23-15-20(29)9-10-25(23)30)14-24(27)28(34)31-21(17-33)13-19-16-32(2)26-7-5-4-6-22(19)26/h4-11,14-16,21,33H,3,12-13,17H2,1-2H3,(H,31,34)/t21-/m1/s1. The summed E-state index contributed by atoms with van der Waals surface area (Å²) in [5, 5.41) is 14.0. The third-order valence-electron chi connectivity index (χ3n) is 5.93. The Hall–Kier alpha value is -3.71. The first-order valence-electron chi connectivity index (χ1n) is 11.6. The number of amides is 1. The normalized spacial score (nSPS) is 12.0. The summed E-state index contributed by atoms with van der Waals surface area (Å²) in [5.41, 5.74) is 2.66. The number of aryl methyl sites for hydroxylation is 1. The molecule has 0 aliphatic heterocycles. The maximum absolute atomic E-state index is 14.4. The molecule has 2 N–H and O–H groups in total. The van der Waals surface area contributed by atoms with Crippen LogP contribution in [-0.4, -0.2) is 34.8 Å². The Morgan fingerprint density at radius 1 is 1.11 bits per heavy atom. The van der Waals surface area contributed by atoms with Crippen molar-refractivity contribution in [3.63, 3.8) is 0 Å². The number of nitrogens with one attached hydrogen (secondary N) is 1. The Labute approximate surface area is 203 Å². The molecule has 1 heterocycles. The van der Waals surface area contributed by atoms with E-state index in [-0.39, 0.29) is 17.7 Å². The van der Waals surface area contributed by atoms with Gasteiger partial charge in [0.25, 0.3) is 5.91 Å². The van der Waals surface area contributed by atoms with Gasteiger partial charge in [0, 0.05) is 29.7 Å². The molecule has 0 unspecified atom stereocenters. The van der Waals surface area contributed by atoms with E-state index in [1.165, 1.54) is 6.07 Å². The molecule has 5 nitrogen and oxygen atoms in total. The average Bonchev–Trinajstić information content (AvgIpc) is 3.18. The number of halogens is 2. The highest BCUT2D eigenvalue weighted by atomic mass is 19.1. The number of hydrogen-bond donors (Lipinski definition) is 2. The predicted molar refractivity (Wildman–Crippen MR) is 133 cm³/mol. The molecule has 4 rings (SSSR count). The number of carbonyl (C=O) groups is 1. The number of hydrogen-bond acceptors (Lipinski definition) is 3. The van der Waals surface area contributed by atoms with Crippen molar-refractivity contribution in [3.8, 4) is 16.9 Å². The molecular formula is C28H28F2N2O3. The molecule has 182 valence electrons. The van der Waals surface area contributed by atoms with Crippen LogP contribution in [0, 0.1) is 11.6 Å². The number of para-hydroxylation sites is 1. The molecule has 0 fully saturated rings. The van der Waals surface area contributed by atoms with E-state index < -0.39 is 23.6 Å². The number of ether oxygens (including phenoxy) is 1. The first-order valence-corrected chi connectivity index (χ1v) is 11.6. The van der Waals surface area contributed by atoms with Crippen LogP contribution >= 0.6 is 0 Å². The molecule has 0 bridgehead atoms. The fourth-order valence-electron chi connectivity index (χ4n) is 4.21. The highest BCUT2D eigenvalue weighted by Gasteiger charge is 2.20. The monoisotopic (exact) mass is 478 g/mol. The number of fused-ring (bicyclic) bond motifs is 1. The van der Waals surface area contributed by atoms with Gasteiger partial charge < -0.3 is 19.7 Å². The number of aliphatic hydroxyl groups is 1. The van der Waals surface area contributed by atoms with E-state index in [0.29, 0.717) is 24.3 Å². The molecule has 1 amide bonds. The van der Waals surface area contributed by atoms with Crippen molar-refractivity contribution in [1.82, 2.24) is 9.88 Å². The number of carbonyl (C=O) groups excluding carboxylic acids is 1. The fraction of sp³-hybridized carbons (Fsp3) is 0.250. The second-order valence-corrected chi connectivity index (χ2v) is 8.52. The van der Waals surface area contributed by atoms with Crippen LogP contribution in [0.15, 0.2) is 66.9 Å². The van der Waals surface area contributed by atoms with Crippen molar-refractivity contribution in [2.24, 2.45) is 7.05 Å². The molecule has 0 saturated carbocycles. The smallest absolute Gasteiger partial charge is 0.255 e. The van der Waals surface area contributed by atoms with Crippen molar-refractivity contribution >= 4 is 16.8 Å². The summed E-state index contributed by atoms with van der Waals surface area (Å²) in [7, 11) is 1.95. The zero-order valence-corrected chi connectivity index (χ0v) is 19.7. The molecule has 3 aromatic carbocycles. The summed E-state index contributed by atoms with van der Waals surface area (Å²) < 4.78 is 35.9. The zero-order valence-electron chi connectivity index (χ0n) is 19.7. The summed E-state index contributed by atoms with van der Waals surface area (Å²) in [6.07, 6.45) is 3.15. The van der Waals surface area contributed by atoms with Gasteiger partial charge in [-0.3, -0.25) is 4.79 Å². The fourth-order valence-corrected chi connectivity index (χ4v) is 4.21. The molecule has 0 saturated heterocycles. The van der Waals surface area contributed by atoms with Crippen molar-refractivity contribution in [1.29, 1.82) is 0 Å². The first kappa shape index (κ1) is 24.4. The molecule has 0 aliphatic rings. The molecule has 1 atom stereocenters. The second-order valence-electron chi connectivity index (χ2n) is 8.52. The number of nitrogens with zero attached hydrogens (tertiary/aromatic N) is 1. The van der Waals surface area contributed by atoms with Gasteiger partial charge in [0.05, 0.1) is 24.8 Å². The van der Waals surface area contributed by atoms with Gasteiger partial charge in [0.2, 0.25) is 0 Å². The Bertz CT molecular complexity index is 1350. The Morgan fingerprint density at radius 2 is 1.91 bits per heavy atom. The lowest BCUT2D eigenvalue weighted by molar-refractivity contribution is 0.0912. The van der Waals surface area contributed by atoms with Gasteiger partial charge in [-0.2, -0.15) is 0 Å². The van der Waals surface area contributed by atoms with Crippen molar-refractivity contribution < 1.29 is 23.4 Å². The van der Waals surface area contributed by atoms with Crippen LogP contribution in [0.1, 0.15) is 29.3 Å². The zero-order chi connectivity index (χ0) is 24.9. The molecule has 0 aliphatic carbocycles. The van der Waals surface area contributed by atoms with Crippen LogP contribution in [0.3, 0.4) is 0 Å². The molecule has 1 aromatic heterocycles. The van der Waals surface area contributed by atoms with E-state index in [0.717, 1.165) is 41.1 Å². The van der Waals surface area contributed by atoms with E-state index in [1.807, 2.05) is 49.0 Å². The molecule has 35 heavy (non-hydrogen) atoms. The van der Waals surface area contributed by atoms with Crippen LogP contribution in [0.4, 0.5) is 8.78 Å². The first-order chi connectivity index (χ1) is 16.9. The lowest BCUT2D eigenvalue weighted by atomic mass is 10.0. The number of aromatic nitrogens is 1. The van der Waals surface area contributed by atoms with Crippen molar-refractivity contribution in [2.75, 3.05) is 13.2 Å². The van der Waals surface area contributed by atoms with Crippen LogP contribution in [0.2, 0.25) is 0 Å². The van der Waals surface area contributed by atoms with Crippen molar-refractivity contribution in [2.45, 2.75) is 25.8 Å². The maximum Gasteiger partial charge on any atom is 0.255 e. The lowest BCUT2D eigenvalue weighted by Crippen LogP contribution is -2.39. The van der Waals surface area contributed by atoms with E-state index >= 15 is 0 Å². The predicted octanol–water partition coefficient (Wildman–Crippen LogP) is 5.25. The van der Waals surface area contributed by atoms with Crippen LogP contribution in [-0.2, 0) is 13.5 Å². The minimum absolute atomic E-state index is 0.0514. The number of benzene rings is 3. The Kier molecular flexibility index (Phi) is 7.46. The van der Waals surface area contributed by atoms with E-state index in [9.17, 15) is 18.7 Å². The SMILES string of the molecule is CCCOc1ccc(-c2cc(F)ccc2F)cc1C(=O)N[C@@H](CO)Cc1cn(C)c2ccccc12. The third kappa shape index (κ3) is 5.35. The Morgan fingerprint density at radius 3 is 2.69 bits per heavy atom. The topological polar surface area (TPSA) is 63.5 Å². The number of rotatable bonds is 9. The van der Waals surface area contributed by atoms with Gasteiger partial charge in [-0.1, -0.05) is 31.2 Å². The summed E-state index contributed by atoms with van der Waals surface area (Å²) in [6, 6.07) is 15.2. The molecule has 4 aromatic rings.